The van der Waals surface area contributed by atoms with Crippen LogP contribution in [0.5, 0.6) is 0 Å². The Bertz CT molecular complexity index is 183. The molecule has 0 unspecified atom stereocenters. The highest BCUT2D eigenvalue weighted by Crippen LogP contribution is 2.29. The van der Waals surface area contributed by atoms with E-state index in [0.29, 0.717) is 0 Å². The third-order valence-electron chi connectivity index (χ3n) is 1.19. The molecule has 1 fully saturated rings. The lowest BCUT2D eigenvalue weighted by molar-refractivity contribution is -0.618. The Hall–Kier alpha value is -0.320. The molecule has 72 valence electrons. The molecule has 1 rings (SSSR count). The maximum Gasteiger partial charge on any atom is 0.369 e. The van der Waals surface area contributed by atoms with Crippen LogP contribution in [0, 0.1) is 0 Å². The molecule has 8 nitrogen and oxygen atoms in total. The molecule has 0 aromatic heterocycles. The minimum absolute atomic E-state index is 1.04. The summed E-state index contributed by atoms with van der Waals surface area (Å²) in [6.07, 6.45) is 0. The van der Waals surface area contributed by atoms with Crippen molar-refractivity contribution in [3.05, 3.63) is 0 Å². The van der Waals surface area contributed by atoms with Crippen LogP contribution in [0.25, 0.3) is 0 Å². The fourth-order valence-corrected chi connectivity index (χ4v) is 0.613. The monoisotopic (exact) mass is 184 g/mol. The van der Waals surface area contributed by atoms with Crippen LogP contribution in [-0.4, -0.2) is 55.2 Å². The van der Waals surface area contributed by atoms with Gasteiger partial charge in [0, 0.05) is 0 Å². The van der Waals surface area contributed by atoms with Crippen molar-refractivity contribution in [1.82, 2.24) is 0 Å². The Labute approximate surface area is 65.8 Å². The second kappa shape index (κ2) is 2.34. The largest absolute Gasteiger partial charge is 0.369 e. The zero-order valence-corrected chi connectivity index (χ0v) is 5.71. The molecule has 0 radical (unpaired) electrons. The average Bonchev–Trinajstić information content (AvgIpc) is 1.79. The topological polar surface area (TPSA) is 140 Å². The van der Waals surface area contributed by atoms with E-state index in [-0.39, 0.29) is 0 Å². The Morgan fingerprint density at radius 1 is 0.833 bits per heavy atom. The fourth-order valence-electron chi connectivity index (χ4n) is 0.613. The van der Waals surface area contributed by atoms with Crippen molar-refractivity contribution < 1.29 is 40.1 Å². The highest BCUT2D eigenvalue weighted by atomic mass is 17.0. The lowest BCUT2D eigenvalue weighted by Crippen LogP contribution is -2.67. The van der Waals surface area contributed by atoms with E-state index in [1.54, 1.807) is 0 Å². The third kappa shape index (κ3) is 1.55. The van der Waals surface area contributed by atoms with Crippen molar-refractivity contribution in [2.75, 3.05) is 6.61 Å². The van der Waals surface area contributed by atoms with Gasteiger partial charge in [0.1, 0.15) is 6.61 Å². The highest BCUT2D eigenvalue weighted by molar-refractivity contribution is 4.71. The predicted molar refractivity (Wildman–Crippen MR) is 28.5 cm³/mol. The Morgan fingerprint density at radius 3 is 1.67 bits per heavy atom. The first kappa shape index (κ1) is 9.77. The molecule has 6 N–H and O–H groups in total. The smallest absolute Gasteiger partial charge is 0.342 e. The van der Waals surface area contributed by atoms with Gasteiger partial charge in [-0.05, 0) is 0 Å². The summed E-state index contributed by atoms with van der Waals surface area (Å²) in [4.78, 5) is 0. The van der Waals surface area contributed by atoms with Gasteiger partial charge in [0.2, 0.25) is 0 Å². The quantitative estimate of drug-likeness (QED) is 0.209. The number of aliphatic hydroxyl groups is 6. The molecule has 0 aromatic carbocycles. The second-order valence-electron chi connectivity index (χ2n) is 2.35. The molecule has 1 aliphatic rings. The van der Waals surface area contributed by atoms with Crippen LogP contribution in [0.3, 0.4) is 0 Å². The number of hydrogen-bond acceptors (Lipinski definition) is 8. The maximum atomic E-state index is 8.63. The highest BCUT2D eigenvalue weighted by Gasteiger charge is 2.60. The third-order valence-corrected chi connectivity index (χ3v) is 1.19. The molecule has 0 aliphatic carbocycles. The summed E-state index contributed by atoms with van der Waals surface area (Å²) in [6.45, 7) is -1.04. The summed E-state index contributed by atoms with van der Waals surface area (Å²) >= 11 is 0. The van der Waals surface area contributed by atoms with E-state index in [0.717, 1.165) is 0 Å². The molecule has 0 aromatic rings. The van der Waals surface area contributed by atoms with Crippen LogP contribution < -0.4 is 0 Å². The summed E-state index contributed by atoms with van der Waals surface area (Å²) in [7, 11) is 0. The van der Waals surface area contributed by atoms with Gasteiger partial charge in [-0.25, -0.2) is 0 Å². The van der Waals surface area contributed by atoms with E-state index in [9.17, 15) is 0 Å². The first-order valence-electron chi connectivity index (χ1n) is 2.85. The summed E-state index contributed by atoms with van der Waals surface area (Å²) < 4.78 is 7.56. The number of ether oxygens (including phenoxy) is 2. The maximum absolute atomic E-state index is 8.63. The standard InChI is InChI=1S/C4H8O8/c5-2(6)1-11-3(7,8)4(9,10)12-2/h5-10H,1H2. The Kier molecular flexibility index (Phi) is 1.90. The Morgan fingerprint density at radius 2 is 1.33 bits per heavy atom. The van der Waals surface area contributed by atoms with E-state index < -0.39 is 24.5 Å². The van der Waals surface area contributed by atoms with E-state index in [1.165, 1.54) is 0 Å². The Balaban J connectivity index is 2.82. The normalized spacial score (nSPS) is 31.5. The molecular weight excluding hydrogens is 176 g/mol. The molecule has 1 saturated heterocycles. The SMILES string of the molecule is OC1(O)COC(O)(O)C(O)(O)O1. The van der Waals surface area contributed by atoms with Crippen LogP contribution in [0.2, 0.25) is 0 Å². The van der Waals surface area contributed by atoms with E-state index in [4.69, 9.17) is 30.6 Å². The first-order valence-corrected chi connectivity index (χ1v) is 2.85. The van der Waals surface area contributed by atoms with Crippen LogP contribution in [0.15, 0.2) is 0 Å². The zero-order valence-electron chi connectivity index (χ0n) is 5.71. The van der Waals surface area contributed by atoms with E-state index in [2.05, 4.69) is 9.47 Å². The van der Waals surface area contributed by atoms with Gasteiger partial charge in [0.25, 0.3) is 0 Å². The summed E-state index contributed by atoms with van der Waals surface area (Å²) in [5, 5.41) is 51.7. The van der Waals surface area contributed by atoms with Crippen molar-refractivity contribution in [3.63, 3.8) is 0 Å². The lowest BCUT2D eigenvalue weighted by Gasteiger charge is -2.41. The summed E-state index contributed by atoms with van der Waals surface area (Å²) in [6, 6.07) is 0. The summed E-state index contributed by atoms with van der Waals surface area (Å²) in [5.41, 5.74) is 0. The molecule has 0 spiro atoms. The molecule has 8 heteroatoms. The molecule has 12 heavy (non-hydrogen) atoms. The van der Waals surface area contributed by atoms with Gasteiger partial charge in [0.15, 0.2) is 0 Å². The second-order valence-corrected chi connectivity index (χ2v) is 2.35. The van der Waals surface area contributed by atoms with Crippen molar-refractivity contribution in [2.45, 2.75) is 17.9 Å². The van der Waals surface area contributed by atoms with Crippen molar-refractivity contribution in [1.29, 1.82) is 0 Å². The lowest BCUT2D eigenvalue weighted by atomic mass is 10.4. The van der Waals surface area contributed by atoms with Gasteiger partial charge in [-0.1, -0.05) is 0 Å². The van der Waals surface area contributed by atoms with Crippen molar-refractivity contribution in [3.8, 4) is 0 Å². The minimum Gasteiger partial charge on any atom is -0.342 e. The predicted octanol–water partition coefficient (Wildman–Crippen LogP) is -4.05. The average molecular weight is 184 g/mol. The van der Waals surface area contributed by atoms with E-state index >= 15 is 0 Å². The van der Waals surface area contributed by atoms with Gasteiger partial charge < -0.3 is 35.4 Å². The molecule has 1 aliphatic heterocycles. The molecule has 1 heterocycles. The number of hydrogen-bond donors (Lipinski definition) is 6. The molecule has 0 amide bonds. The molecule has 0 saturated carbocycles. The zero-order chi connectivity index (χ0) is 9.62. The van der Waals surface area contributed by atoms with Gasteiger partial charge >= 0.3 is 17.9 Å². The number of rotatable bonds is 0. The van der Waals surface area contributed by atoms with E-state index in [1.807, 2.05) is 0 Å². The fraction of sp³-hybridized carbons (Fsp3) is 1.00. The van der Waals surface area contributed by atoms with Gasteiger partial charge in [-0.3, -0.25) is 4.74 Å². The van der Waals surface area contributed by atoms with Crippen LogP contribution in [-0.2, 0) is 9.47 Å². The van der Waals surface area contributed by atoms with Crippen molar-refractivity contribution >= 4 is 0 Å². The molecule has 0 bridgehead atoms. The van der Waals surface area contributed by atoms with Crippen molar-refractivity contribution in [2.24, 2.45) is 0 Å². The van der Waals surface area contributed by atoms with Crippen LogP contribution in [0.4, 0.5) is 0 Å². The summed E-state index contributed by atoms with van der Waals surface area (Å²) in [5.74, 6) is -9.98. The minimum atomic E-state index is -3.60. The van der Waals surface area contributed by atoms with Crippen LogP contribution >= 0.6 is 0 Å². The van der Waals surface area contributed by atoms with Gasteiger partial charge in [0.05, 0.1) is 0 Å². The van der Waals surface area contributed by atoms with Crippen LogP contribution in [0.1, 0.15) is 0 Å². The van der Waals surface area contributed by atoms with Gasteiger partial charge in [-0.15, -0.1) is 0 Å². The van der Waals surface area contributed by atoms with Gasteiger partial charge in [-0.2, -0.15) is 0 Å². The molecular formula is C4H8O8. The molecule has 0 atom stereocenters. The first-order chi connectivity index (χ1) is 5.16.